The maximum absolute atomic E-state index is 14.8. The first-order valence-corrected chi connectivity index (χ1v) is 11.8. The fraction of sp³-hybridized carbons (Fsp3) is 0.280. The highest BCUT2D eigenvalue weighted by Gasteiger charge is 2.32. The van der Waals surface area contributed by atoms with Gasteiger partial charge in [-0.05, 0) is 45.0 Å². The van der Waals surface area contributed by atoms with Gasteiger partial charge < -0.3 is 15.0 Å². The van der Waals surface area contributed by atoms with Crippen LogP contribution >= 0.6 is 23.4 Å². The van der Waals surface area contributed by atoms with E-state index in [4.69, 9.17) is 11.6 Å². The Morgan fingerprint density at radius 3 is 2.70 bits per heavy atom. The molecule has 0 saturated carbocycles. The molecule has 0 fully saturated rings. The van der Waals surface area contributed by atoms with E-state index >= 15 is 0 Å². The average molecular weight is 487 g/mol. The van der Waals surface area contributed by atoms with E-state index in [0.717, 1.165) is 10.6 Å². The lowest BCUT2D eigenvalue weighted by Crippen LogP contribution is -2.48. The van der Waals surface area contributed by atoms with Crippen LogP contribution in [0.3, 0.4) is 0 Å². The Bertz CT molecular complexity index is 1310. The van der Waals surface area contributed by atoms with Crippen LogP contribution in [0.25, 0.3) is 5.69 Å². The molecule has 0 spiro atoms. The number of hydrogen-bond donors (Lipinski definition) is 2. The lowest BCUT2D eigenvalue weighted by atomic mass is 9.99. The fourth-order valence-corrected chi connectivity index (χ4v) is 5.60. The Morgan fingerprint density at radius 2 is 2.00 bits per heavy atom. The Kier molecular flexibility index (Phi) is 6.40. The fourth-order valence-electron chi connectivity index (χ4n) is 4.02. The van der Waals surface area contributed by atoms with Crippen LogP contribution in [0.5, 0.6) is 0 Å². The van der Waals surface area contributed by atoms with E-state index in [0.29, 0.717) is 22.0 Å². The van der Waals surface area contributed by atoms with Gasteiger partial charge >= 0.3 is 0 Å². The molecule has 2 N–H and O–H groups in total. The second-order valence-corrected chi connectivity index (χ2v) is 10.4. The number of benzene rings is 2. The number of nitrogens with one attached hydrogen (secondary N) is 1. The molecule has 1 atom stereocenters. The molecule has 1 aromatic heterocycles. The van der Waals surface area contributed by atoms with Crippen LogP contribution in [-0.4, -0.2) is 27.7 Å². The lowest BCUT2D eigenvalue weighted by molar-refractivity contribution is 0.0866. The van der Waals surface area contributed by atoms with Gasteiger partial charge in [0, 0.05) is 44.6 Å². The first kappa shape index (κ1) is 23.5. The summed E-state index contributed by atoms with van der Waals surface area (Å²) < 4.78 is 16.7. The van der Waals surface area contributed by atoms with Crippen molar-refractivity contribution in [2.24, 2.45) is 0 Å². The van der Waals surface area contributed by atoms with E-state index in [1.807, 2.05) is 16.7 Å². The lowest BCUT2D eigenvalue weighted by Gasteiger charge is -2.25. The maximum Gasteiger partial charge on any atom is 0.257 e. The summed E-state index contributed by atoms with van der Waals surface area (Å²) in [5.74, 6) is -0.924. The summed E-state index contributed by atoms with van der Waals surface area (Å²) in [6, 6.07) is 13.4. The van der Waals surface area contributed by atoms with Gasteiger partial charge in [0.15, 0.2) is 5.43 Å². The highest BCUT2D eigenvalue weighted by molar-refractivity contribution is 7.99. The van der Waals surface area contributed by atoms with E-state index in [2.05, 4.69) is 5.32 Å². The molecule has 5 nitrogen and oxygen atoms in total. The Balaban J connectivity index is 1.99. The largest absolute Gasteiger partial charge is 0.394 e. The number of aliphatic hydroxyl groups excluding tert-OH is 1. The van der Waals surface area contributed by atoms with E-state index in [-0.39, 0.29) is 24.4 Å². The quantitative estimate of drug-likeness (QED) is 0.554. The average Bonchev–Trinajstić information content (AvgIpc) is 2.90. The predicted octanol–water partition coefficient (Wildman–Crippen LogP) is 4.83. The molecule has 2 aromatic carbocycles. The summed E-state index contributed by atoms with van der Waals surface area (Å²) in [5.41, 5.74) is 1.07. The minimum Gasteiger partial charge on any atom is -0.394 e. The topological polar surface area (TPSA) is 71.3 Å². The molecular weight excluding hydrogens is 463 g/mol. The number of hydrogen-bond acceptors (Lipinski definition) is 4. The minimum atomic E-state index is -0.915. The summed E-state index contributed by atoms with van der Waals surface area (Å²) in [7, 11) is 0. The van der Waals surface area contributed by atoms with Crippen LogP contribution in [0.15, 0.2) is 58.2 Å². The van der Waals surface area contributed by atoms with Gasteiger partial charge in [-0.15, -0.1) is 11.8 Å². The molecule has 33 heavy (non-hydrogen) atoms. The summed E-state index contributed by atoms with van der Waals surface area (Å²) in [6.07, 6.45) is 0.247. The molecular formula is C25H24ClFN2O3S. The van der Waals surface area contributed by atoms with Crippen LogP contribution in [0.4, 0.5) is 4.39 Å². The SMILES string of the molecule is Cc1cc(=O)c(C(=O)NC(C)(C)CO)c2n1-c1ccc(Cl)cc1SC(c1ccccc1F)C2. The molecule has 1 aliphatic heterocycles. The van der Waals surface area contributed by atoms with Crippen LogP contribution in [-0.2, 0) is 6.42 Å². The molecule has 0 aliphatic carbocycles. The Morgan fingerprint density at radius 1 is 1.27 bits per heavy atom. The van der Waals surface area contributed by atoms with E-state index in [1.165, 1.54) is 23.9 Å². The molecule has 0 bridgehead atoms. The zero-order chi connectivity index (χ0) is 23.9. The first-order valence-electron chi connectivity index (χ1n) is 10.5. The molecule has 1 amide bonds. The van der Waals surface area contributed by atoms with Gasteiger partial charge in [0.05, 0.1) is 17.8 Å². The summed E-state index contributed by atoms with van der Waals surface area (Å²) in [4.78, 5) is 27.2. The van der Waals surface area contributed by atoms with E-state index in [9.17, 15) is 19.1 Å². The zero-order valence-corrected chi connectivity index (χ0v) is 20.1. The summed E-state index contributed by atoms with van der Waals surface area (Å²) in [6.45, 7) is 4.86. The molecule has 4 rings (SSSR count). The highest BCUT2D eigenvalue weighted by Crippen LogP contribution is 2.45. The van der Waals surface area contributed by atoms with Crippen molar-refractivity contribution in [3.05, 3.63) is 92.1 Å². The number of amides is 1. The van der Waals surface area contributed by atoms with Gasteiger partial charge in [0.2, 0.25) is 0 Å². The van der Waals surface area contributed by atoms with Crippen molar-refractivity contribution >= 4 is 29.3 Å². The van der Waals surface area contributed by atoms with Crippen LogP contribution in [0.2, 0.25) is 5.02 Å². The molecule has 0 saturated heterocycles. The third kappa shape index (κ3) is 4.58. The molecule has 1 unspecified atom stereocenters. The second-order valence-electron chi connectivity index (χ2n) is 8.75. The number of aromatic nitrogens is 1. The Hall–Kier alpha value is -2.61. The Labute approximate surface area is 200 Å². The zero-order valence-electron chi connectivity index (χ0n) is 18.5. The van der Waals surface area contributed by atoms with Crippen molar-refractivity contribution in [2.75, 3.05) is 6.61 Å². The van der Waals surface area contributed by atoms with Crippen molar-refractivity contribution in [3.63, 3.8) is 0 Å². The molecule has 2 heterocycles. The van der Waals surface area contributed by atoms with E-state index in [1.54, 1.807) is 45.0 Å². The predicted molar refractivity (Wildman–Crippen MR) is 129 cm³/mol. The van der Waals surface area contributed by atoms with Gasteiger partial charge in [-0.3, -0.25) is 9.59 Å². The number of pyridine rings is 1. The van der Waals surface area contributed by atoms with Gasteiger partial charge in [0.1, 0.15) is 11.4 Å². The number of rotatable bonds is 4. The van der Waals surface area contributed by atoms with Crippen molar-refractivity contribution < 1.29 is 14.3 Å². The van der Waals surface area contributed by atoms with Crippen molar-refractivity contribution in [1.82, 2.24) is 9.88 Å². The number of carbonyl (C=O) groups is 1. The highest BCUT2D eigenvalue weighted by atomic mass is 35.5. The number of carbonyl (C=O) groups excluding carboxylic acids is 1. The number of aliphatic hydroxyl groups is 1. The van der Waals surface area contributed by atoms with Crippen molar-refractivity contribution in [1.29, 1.82) is 0 Å². The monoisotopic (exact) mass is 486 g/mol. The normalized spacial score (nSPS) is 15.4. The van der Waals surface area contributed by atoms with Gasteiger partial charge in [-0.2, -0.15) is 0 Å². The van der Waals surface area contributed by atoms with Gasteiger partial charge in [0.25, 0.3) is 5.91 Å². The standard InChI is InChI=1S/C25H24ClFN2O3S/c1-14-10-20(31)23(24(32)28-25(2,3)13-30)19-12-21(16-6-4-5-7-17(16)27)33-22-11-15(26)8-9-18(22)29(14)19/h4-11,21,30H,12-13H2,1-3H3,(H,28,32). The summed E-state index contributed by atoms with van der Waals surface area (Å²) >= 11 is 7.73. The molecule has 0 radical (unpaired) electrons. The number of thioether (sulfide) groups is 1. The molecule has 172 valence electrons. The number of fused-ring (bicyclic) bond motifs is 3. The van der Waals surface area contributed by atoms with Crippen LogP contribution in [0, 0.1) is 12.7 Å². The van der Waals surface area contributed by atoms with Gasteiger partial charge in [-0.1, -0.05) is 29.8 Å². The number of nitrogens with zero attached hydrogens (tertiary/aromatic N) is 1. The van der Waals surface area contributed by atoms with Crippen LogP contribution < -0.4 is 10.7 Å². The molecule has 8 heteroatoms. The van der Waals surface area contributed by atoms with Crippen molar-refractivity contribution in [2.45, 2.75) is 42.9 Å². The second kappa shape index (κ2) is 8.97. The van der Waals surface area contributed by atoms with Gasteiger partial charge in [-0.25, -0.2) is 4.39 Å². The number of aryl methyl sites for hydroxylation is 1. The molecule has 1 aliphatic rings. The number of halogens is 2. The van der Waals surface area contributed by atoms with Crippen LogP contribution in [0.1, 0.15) is 46.4 Å². The molecule has 3 aromatic rings. The van der Waals surface area contributed by atoms with E-state index < -0.39 is 22.1 Å². The third-order valence-electron chi connectivity index (χ3n) is 5.63. The third-order valence-corrected chi connectivity index (χ3v) is 7.16. The minimum absolute atomic E-state index is 0.00753. The smallest absolute Gasteiger partial charge is 0.257 e. The first-order chi connectivity index (χ1) is 15.6. The maximum atomic E-state index is 14.8. The van der Waals surface area contributed by atoms with Crippen molar-refractivity contribution in [3.8, 4) is 5.69 Å². The summed E-state index contributed by atoms with van der Waals surface area (Å²) in [5, 5.41) is 12.5.